The number of rotatable bonds is 7. The highest BCUT2D eigenvalue weighted by molar-refractivity contribution is 5.79. The van der Waals surface area contributed by atoms with E-state index in [-0.39, 0.29) is 5.82 Å². The summed E-state index contributed by atoms with van der Waals surface area (Å²) in [6.45, 7) is 4.24. The molecule has 0 spiro atoms. The molecule has 0 bridgehead atoms. The average molecular weight is 471 g/mol. The number of aromatic nitrogens is 3. The third kappa shape index (κ3) is 4.86. The molecule has 2 fully saturated rings. The number of nitrogens with one attached hydrogen (secondary N) is 1. The Morgan fingerprint density at radius 3 is 2.50 bits per heavy atom. The van der Waals surface area contributed by atoms with Gasteiger partial charge in [-0.1, -0.05) is 12.1 Å². The van der Waals surface area contributed by atoms with Crippen LogP contribution in [0.15, 0.2) is 36.4 Å². The van der Waals surface area contributed by atoms with Gasteiger partial charge in [0.2, 0.25) is 0 Å². The lowest BCUT2D eigenvalue weighted by atomic mass is 9.82. The molecule has 1 aromatic carbocycles. The van der Waals surface area contributed by atoms with Gasteiger partial charge in [0.05, 0.1) is 29.9 Å². The maximum absolute atomic E-state index is 14.0. The third-order valence-corrected chi connectivity index (χ3v) is 7.04. The summed E-state index contributed by atoms with van der Waals surface area (Å²) in [5.74, 6) is 2.39. The summed E-state index contributed by atoms with van der Waals surface area (Å²) in [4.78, 5) is 11.2. The molecule has 34 heavy (non-hydrogen) atoms. The average Bonchev–Trinajstić information content (AvgIpc) is 3.28. The number of fused-ring (bicyclic) bond motifs is 1. The van der Waals surface area contributed by atoms with E-state index in [2.05, 4.69) is 15.2 Å². The fraction of sp³-hybridized carbons (Fsp3) is 0.520. The van der Waals surface area contributed by atoms with Crippen LogP contribution in [0.25, 0.3) is 16.7 Å². The van der Waals surface area contributed by atoms with Gasteiger partial charge in [0.1, 0.15) is 11.6 Å². The number of benzene rings is 1. The molecule has 182 valence electrons. The Bertz CT molecular complexity index is 1110. The molecule has 1 saturated heterocycles. The number of hydrogen-bond acceptors (Lipinski definition) is 6. The SMILES string of the molecule is NCC1CCC(CNc2cc(-n3c(C(F)F)nc4ccccc43)cc(N3CCOCC3)n2)CC1. The van der Waals surface area contributed by atoms with E-state index in [0.29, 0.717) is 60.7 Å². The number of anilines is 2. The number of para-hydroxylation sites is 2. The third-order valence-electron chi connectivity index (χ3n) is 7.04. The predicted molar refractivity (Wildman–Crippen MR) is 130 cm³/mol. The van der Waals surface area contributed by atoms with Crippen molar-refractivity contribution in [2.75, 3.05) is 49.6 Å². The minimum absolute atomic E-state index is 0.258. The standard InChI is InChI=1S/C25H32F2N6O/c26-24(27)25-30-20-3-1-2-4-21(20)33(25)19-13-22(29-16-18-7-5-17(15-28)6-8-18)31-23(14-19)32-9-11-34-12-10-32/h1-4,13-14,17-18,24H,5-12,15-16,28H2,(H,29,31). The predicted octanol–water partition coefficient (Wildman–Crippen LogP) is 4.37. The normalized spacial score (nSPS) is 21.4. The molecule has 3 heterocycles. The number of halogens is 2. The Kier molecular flexibility index (Phi) is 6.92. The minimum Gasteiger partial charge on any atom is -0.378 e. The summed E-state index contributed by atoms with van der Waals surface area (Å²) in [7, 11) is 0. The number of ether oxygens (including phenoxy) is 1. The second-order valence-electron chi connectivity index (χ2n) is 9.27. The Morgan fingerprint density at radius 1 is 1.03 bits per heavy atom. The van der Waals surface area contributed by atoms with Gasteiger partial charge >= 0.3 is 0 Å². The summed E-state index contributed by atoms with van der Waals surface area (Å²) in [5.41, 5.74) is 7.68. The van der Waals surface area contributed by atoms with Crippen molar-refractivity contribution in [1.29, 1.82) is 0 Å². The minimum atomic E-state index is -2.69. The highest BCUT2D eigenvalue weighted by atomic mass is 19.3. The van der Waals surface area contributed by atoms with E-state index >= 15 is 0 Å². The first kappa shape index (κ1) is 23.0. The summed E-state index contributed by atoms with van der Waals surface area (Å²) < 4.78 is 35.1. The summed E-state index contributed by atoms with van der Waals surface area (Å²) >= 11 is 0. The zero-order chi connectivity index (χ0) is 23.5. The monoisotopic (exact) mass is 470 g/mol. The molecule has 0 unspecified atom stereocenters. The van der Waals surface area contributed by atoms with Crippen LogP contribution in [0.4, 0.5) is 20.4 Å². The zero-order valence-electron chi connectivity index (χ0n) is 19.3. The first-order chi connectivity index (χ1) is 16.6. The lowest BCUT2D eigenvalue weighted by Gasteiger charge is -2.30. The van der Waals surface area contributed by atoms with Gasteiger partial charge in [-0.3, -0.25) is 4.57 Å². The van der Waals surface area contributed by atoms with Crippen LogP contribution < -0.4 is 16.0 Å². The fourth-order valence-corrected chi connectivity index (χ4v) is 5.06. The lowest BCUT2D eigenvalue weighted by molar-refractivity contribution is 0.122. The molecule has 1 saturated carbocycles. The van der Waals surface area contributed by atoms with Crippen LogP contribution in [-0.4, -0.2) is 53.9 Å². The maximum Gasteiger partial charge on any atom is 0.295 e. The molecule has 7 nitrogen and oxygen atoms in total. The highest BCUT2D eigenvalue weighted by Gasteiger charge is 2.23. The van der Waals surface area contributed by atoms with E-state index in [1.165, 1.54) is 0 Å². The number of morpholine rings is 1. The van der Waals surface area contributed by atoms with Crippen molar-refractivity contribution >= 4 is 22.7 Å². The molecule has 5 rings (SSSR count). The van der Waals surface area contributed by atoms with Crippen molar-refractivity contribution in [2.24, 2.45) is 17.6 Å². The largest absolute Gasteiger partial charge is 0.378 e. The number of nitrogens with two attached hydrogens (primary N) is 1. The van der Waals surface area contributed by atoms with Crippen LogP contribution in [0, 0.1) is 11.8 Å². The van der Waals surface area contributed by atoms with Crippen LogP contribution in [0.2, 0.25) is 0 Å². The van der Waals surface area contributed by atoms with Gasteiger partial charge in [-0.2, -0.15) is 0 Å². The van der Waals surface area contributed by atoms with Crippen LogP contribution in [0.5, 0.6) is 0 Å². The van der Waals surface area contributed by atoms with Gasteiger partial charge in [-0.15, -0.1) is 0 Å². The van der Waals surface area contributed by atoms with Gasteiger partial charge in [0.25, 0.3) is 6.43 Å². The van der Waals surface area contributed by atoms with Crippen LogP contribution in [0.3, 0.4) is 0 Å². The Morgan fingerprint density at radius 2 is 1.76 bits per heavy atom. The molecule has 1 aliphatic carbocycles. The Balaban J connectivity index is 1.49. The molecule has 3 aromatic rings. The Hall–Kier alpha value is -2.78. The van der Waals surface area contributed by atoms with Crippen LogP contribution >= 0.6 is 0 Å². The van der Waals surface area contributed by atoms with Crippen molar-refractivity contribution in [2.45, 2.75) is 32.1 Å². The van der Waals surface area contributed by atoms with Gasteiger partial charge in [-0.05, 0) is 56.2 Å². The van der Waals surface area contributed by atoms with Crippen LogP contribution in [0.1, 0.15) is 37.9 Å². The smallest absolute Gasteiger partial charge is 0.295 e. The van der Waals surface area contributed by atoms with E-state index in [9.17, 15) is 8.78 Å². The molecule has 0 radical (unpaired) electrons. The number of hydrogen-bond donors (Lipinski definition) is 2. The number of imidazole rings is 1. The molecule has 0 amide bonds. The van der Waals surface area contributed by atoms with E-state index in [4.69, 9.17) is 15.5 Å². The van der Waals surface area contributed by atoms with Gasteiger partial charge in [0, 0.05) is 31.8 Å². The van der Waals surface area contributed by atoms with Gasteiger partial charge < -0.3 is 20.7 Å². The van der Waals surface area contributed by atoms with Crippen molar-refractivity contribution in [3.63, 3.8) is 0 Å². The van der Waals surface area contributed by atoms with Gasteiger partial charge in [0.15, 0.2) is 5.82 Å². The molecule has 9 heteroatoms. The molecule has 3 N–H and O–H groups in total. The van der Waals surface area contributed by atoms with E-state index < -0.39 is 6.43 Å². The van der Waals surface area contributed by atoms with Crippen molar-refractivity contribution in [3.8, 4) is 5.69 Å². The number of alkyl halides is 2. The second-order valence-corrected chi connectivity index (χ2v) is 9.27. The first-order valence-electron chi connectivity index (χ1n) is 12.2. The molecule has 2 aromatic heterocycles. The first-order valence-corrected chi connectivity index (χ1v) is 12.2. The van der Waals surface area contributed by atoms with E-state index in [1.54, 1.807) is 10.6 Å². The van der Waals surface area contributed by atoms with Gasteiger partial charge in [-0.25, -0.2) is 18.7 Å². The summed E-state index contributed by atoms with van der Waals surface area (Å²) in [6, 6.07) is 11.0. The molecule has 1 aliphatic heterocycles. The molecular weight excluding hydrogens is 438 g/mol. The number of pyridine rings is 1. The fourth-order valence-electron chi connectivity index (χ4n) is 5.06. The zero-order valence-corrected chi connectivity index (χ0v) is 19.3. The topological polar surface area (TPSA) is 81.2 Å². The molecule has 0 atom stereocenters. The highest BCUT2D eigenvalue weighted by Crippen LogP contribution is 2.32. The van der Waals surface area contributed by atoms with Crippen molar-refractivity contribution in [1.82, 2.24) is 14.5 Å². The summed E-state index contributed by atoms with van der Waals surface area (Å²) in [5, 5.41) is 3.50. The van der Waals surface area contributed by atoms with E-state index in [1.807, 2.05) is 30.3 Å². The van der Waals surface area contributed by atoms with E-state index in [0.717, 1.165) is 44.6 Å². The van der Waals surface area contributed by atoms with Crippen molar-refractivity contribution in [3.05, 3.63) is 42.2 Å². The maximum atomic E-state index is 14.0. The lowest BCUT2D eigenvalue weighted by Crippen LogP contribution is -2.37. The number of nitrogens with zero attached hydrogens (tertiary/aromatic N) is 4. The molecular formula is C25H32F2N6O. The second kappa shape index (κ2) is 10.2. The summed E-state index contributed by atoms with van der Waals surface area (Å²) in [6.07, 6.45) is 1.92. The Labute approximate surface area is 198 Å². The van der Waals surface area contributed by atoms with Crippen molar-refractivity contribution < 1.29 is 13.5 Å². The molecule has 2 aliphatic rings. The van der Waals surface area contributed by atoms with Crippen LogP contribution in [-0.2, 0) is 4.74 Å². The quantitative estimate of drug-likeness (QED) is 0.534.